The molecule has 0 heterocycles. The molecule has 0 unspecified atom stereocenters. The molecule has 0 saturated heterocycles. The number of nitrogens with zero attached hydrogens (tertiary/aromatic N) is 1. The van der Waals surface area contributed by atoms with Gasteiger partial charge in [-0.3, -0.25) is 4.90 Å². The van der Waals surface area contributed by atoms with Gasteiger partial charge in [-0.05, 0) is 42.9 Å². The van der Waals surface area contributed by atoms with Crippen LogP contribution in [0.25, 0.3) is 0 Å². The Hall–Kier alpha value is -0.930. The second kappa shape index (κ2) is 7.37. The molecule has 2 N–H and O–H groups in total. The lowest BCUT2D eigenvalue weighted by Crippen LogP contribution is -2.35. The molecule has 0 bridgehead atoms. The summed E-state index contributed by atoms with van der Waals surface area (Å²) in [5, 5.41) is 0. The lowest BCUT2D eigenvalue weighted by atomic mass is 10.0. The predicted octanol–water partition coefficient (Wildman–Crippen LogP) is 4.03. The summed E-state index contributed by atoms with van der Waals surface area (Å²) in [6.07, 6.45) is 5.49. The third-order valence-electron chi connectivity index (χ3n) is 4.44. The Bertz CT molecular complexity index is 490. The Kier molecular flexibility index (Phi) is 5.77. The van der Waals surface area contributed by atoms with Crippen molar-refractivity contribution in [3.05, 3.63) is 34.9 Å². The molecule has 116 valence electrons. The maximum atomic E-state index is 5.72. The van der Waals surface area contributed by atoms with E-state index >= 15 is 0 Å². The van der Waals surface area contributed by atoms with Crippen molar-refractivity contribution in [1.82, 2.24) is 4.90 Å². The number of hydrogen-bond acceptors (Lipinski definition) is 2. The van der Waals surface area contributed by atoms with Crippen LogP contribution in [-0.4, -0.2) is 22.5 Å². The predicted molar refractivity (Wildman–Crippen MR) is 94.6 cm³/mol. The minimum atomic E-state index is 0.486. The van der Waals surface area contributed by atoms with Gasteiger partial charge in [0.25, 0.3) is 0 Å². The van der Waals surface area contributed by atoms with Crippen LogP contribution in [0.15, 0.2) is 18.2 Å². The molecule has 0 atom stereocenters. The SMILES string of the molecule is Cc1cc(C(N)=S)ccc1CN(CC(C)C)C1CCCC1. The van der Waals surface area contributed by atoms with E-state index in [-0.39, 0.29) is 0 Å². The fraction of sp³-hybridized carbons (Fsp3) is 0.611. The Balaban J connectivity index is 2.13. The third-order valence-corrected chi connectivity index (χ3v) is 4.68. The lowest BCUT2D eigenvalue weighted by molar-refractivity contribution is 0.168. The summed E-state index contributed by atoms with van der Waals surface area (Å²) < 4.78 is 0. The van der Waals surface area contributed by atoms with Crippen molar-refractivity contribution in [2.45, 2.75) is 59.0 Å². The van der Waals surface area contributed by atoms with Gasteiger partial charge in [0.15, 0.2) is 0 Å². The van der Waals surface area contributed by atoms with Crippen LogP contribution >= 0.6 is 12.2 Å². The van der Waals surface area contributed by atoms with E-state index in [9.17, 15) is 0 Å². The summed E-state index contributed by atoms with van der Waals surface area (Å²) in [6, 6.07) is 7.15. The van der Waals surface area contributed by atoms with Gasteiger partial charge < -0.3 is 5.73 Å². The van der Waals surface area contributed by atoms with Gasteiger partial charge in [0.2, 0.25) is 0 Å². The number of hydrogen-bond donors (Lipinski definition) is 1. The summed E-state index contributed by atoms with van der Waals surface area (Å²) in [5.41, 5.74) is 9.40. The maximum Gasteiger partial charge on any atom is 0.103 e. The molecule has 3 heteroatoms. The van der Waals surface area contributed by atoms with E-state index in [1.165, 1.54) is 43.4 Å². The highest BCUT2D eigenvalue weighted by Crippen LogP contribution is 2.26. The highest BCUT2D eigenvalue weighted by atomic mass is 32.1. The molecule has 0 spiro atoms. The van der Waals surface area contributed by atoms with E-state index in [0.29, 0.717) is 10.9 Å². The maximum absolute atomic E-state index is 5.72. The van der Waals surface area contributed by atoms with E-state index in [2.05, 4.69) is 43.9 Å². The van der Waals surface area contributed by atoms with Gasteiger partial charge in [-0.15, -0.1) is 0 Å². The van der Waals surface area contributed by atoms with E-state index in [1.807, 2.05) is 0 Å². The molecule has 0 aromatic heterocycles. The number of nitrogens with two attached hydrogens (primary N) is 1. The summed E-state index contributed by atoms with van der Waals surface area (Å²) in [6.45, 7) is 9.02. The van der Waals surface area contributed by atoms with Crippen LogP contribution in [0.5, 0.6) is 0 Å². The molecule has 1 aromatic carbocycles. The van der Waals surface area contributed by atoms with Crippen LogP contribution in [0.3, 0.4) is 0 Å². The summed E-state index contributed by atoms with van der Waals surface area (Å²) in [7, 11) is 0. The van der Waals surface area contributed by atoms with E-state index in [0.717, 1.165) is 18.2 Å². The normalized spacial score (nSPS) is 16.0. The van der Waals surface area contributed by atoms with Gasteiger partial charge in [0, 0.05) is 24.7 Å². The fourth-order valence-corrected chi connectivity index (χ4v) is 3.45. The second-order valence-corrected chi connectivity index (χ2v) is 7.21. The first-order chi connectivity index (χ1) is 9.97. The molecule has 0 amide bonds. The summed E-state index contributed by atoms with van der Waals surface area (Å²) >= 11 is 5.06. The quantitative estimate of drug-likeness (QED) is 0.805. The molecular weight excluding hydrogens is 276 g/mol. The van der Waals surface area contributed by atoms with Gasteiger partial charge >= 0.3 is 0 Å². The van der Waals surface area contributed by atoms with Gasteiger partial charge in [0.1, 0.15) is 4.99 Å². The number of thiocarbonyl (C=S) groups is 1. The standard InChI is InChI=1S/C18H28N2S/c1-13(2)11-20(17-6-4-5-7-17)12-16-9-8-15(18(19)21)10-14(16)3/h8-10,13,17H,4-7,11-12H2,1-3H3,(H2,19,21). The monoisotopic (exact) mass is 304 g/mol. The molecule has 1 aromatic rings. The number of benzene rings is 1. The van der Waals surface area contributed by atoms with E-state index in [1.54, 1.807) is 0 Å². The van der Waals surface area contributed by atoms with Crippen LogP contribution < -0.4 is 5.73 Å². The van der Waals surface area contributed by atoms with Gasteiger partial charge in [0.05, 0.1) is 0 Å². The average molecular weight is 305 g/mol. The van der Waals surface area contributed by atoms with Crippen molar-refractivity contribution in [3.8, 4) is 0 Å². The highest BCUT2D eigenvalue weighted by molar-refractivity contribution is 7.80. The topological polar surface area (TPSA) is 29.3 Å². The smallest absolute Gasteiger partial charge is 0.103 e. The molecular formula is C18H28N2S. The first-order valence-electron chi connectivity index (χ1n) is 8.10. The zero-order valence-corrected chi connectivity index (χ0v) is 14.4. The Labute approximate surface area is 134 Å². The molecule has 1 aliphatic carbocycles. The van der Waals surface area contributed by atoms with Crippen LogP contribution in [0.4, 0.5) is 0 Å². The lowest BCUT2D eigenvalue weighted by Gasteiger charge is -2.31. The molecule has 21 heavy (non-hydrogen) atoms. The van der Waals surface area contributed by atoms with Gasteiger partial charge in [-0.25, -0.2) is 0 Å². The zero-order valence-electron chi connectivity index (χ0n) is 13.6. The van der Waals surface area contributed by atoms with Crippen molar-refractivity contribution in [2.24, 2.45) is 11.7 Å². The zero-order chi connectivity index (χ0) is 15.4. The molecule has 2 rings (SSSR count). The number of rotatable bonds is 6. The van der Waals surface area contributed by atoms with Crippen LogP contribution in [0.2, 0.25) is 0 Å². The minimum Gasteiger partial charge on any atom is -0.389 e. The largest absolute Gasteiger partial charge is 0.389 e. The van der Waals surface area contributed by atoms with Crippen LogP contribution in [0, 0.1) is 12.8 Å². The van der Waals surface area contributed by atoms with Crippen molar-refractivity contribution in [1.29, 1.82) is 0 Å². The Morgan fingerprint density at radius 2 is 2.00 bits per heavy atom. The van der Waals surface area contributed by atoms with E-state index < -0.39 is 0 Å². The first kappa shape index (κ1) is 16.4. The first-order valence-corrected chi connectivity index (χ1v) is 8.51. The molecule has 1 saturated carbocycles. The molecule has 2 nitrogen and oxygen atoms in total. The van der Waals surface area contributed by atoms with Crippen LogP contribution in [-0.2, 0) is 6.54 Å². The van der Waals surface area contributed by atoms with Crippen molar-refractivity contribution >= 4 is 17.2 Å². The van der Waals surface area contributed by atoms with Crippen LogP contribution in [0.1, 0.15) is 56.2 Å². The fourth-order valence-electron chi connectivity index (χ4n) is 3.33. The van der Waals surface area contributed by atoms with Crippen molar-refractivity contribution < 1.29 is 0 Å². The van der Waals surface area contributed by atoms with Crippen molar-refractivity contribution in [2.75, 3.05) is 6.54 Å². The average Bonchev–Trinajstić information content (AvgIpc) is 2.93. The highest BCUT2D eigenvalue weighted by Gasteiger charge is 2.23. The summed E-state index contributed by atoms with van der Waals surface area (Å²) in [5.74, 6) is 0.710. The summed E-state index contributed by atoms with van der Waals surface area (Å²) in [4.78, 5) is 3.17. The van der Waals surface area contributed by atoms with E-state index in [4.69, 9.17) is 18.0 Å². The van der Waals surface area contributed by atoms with Crippen molar-refractivity contribution in [3.63, 3.8) is 0 Å². The molecule has 1 fully saturated rings. The Morgan fingerprint density at radius 3 is 2.52 bits per heavy atom. The minimum absolute atomic E-state index is 0.486. The molecule has 0 radical (unpaired) electrons. The van der Waals surface area contributed by atoms with Gasteiger partial charge in [-0.1, -0.05) is 51.0 Å². The number of aryl methyl sites for hydroxylation is 1. The third kappa shape index (κ3) is 4.52. The van der Waals surface area contributed by atoms with Gasteiger partial charge in [-0.2, -0.15) is 0 Å². The molecule has 0 aliphatic heterocycles. The molecule has 1 aliphatic rings. The second-order valence-electron chi connectivity index (χ2n) is 6.77. The Morgan fingerprint density at radius 1 is 1.33 bits per heavy atom.